The van der Waals surface area contributed by atoms with E-state index in [4.69, 9.17) is 5.11 Å². The summed E-state index contributed by atoms with van der Waals surface area (Å²) in [6.45, 7) is 11.3. The molecule has 4 heterocycles. The van der Waals surface area contributed by atoms with Gasteiger partial charge in [-0.1, -0.05) is 45.9 Å². The van der Waals surface area contributed by atoms with E-state index in [1.807, 2.05) is 46.8 Å². The number of rotatable bonds is 6. The van der Waals surface area contributed by atoms with Crippen molar-refractivity contribution in [1.29, 1.82) is 0 Å². The first-order chi connectivity index (χ1) is 19.7. The van der Waals surface area contributed by atoms with E-state index < -0.39 is 29.2 Å². The standard InChI is InChI=1S/C17H17N3O3.C13H17N3O3/c1-9(2)17(3)16(23)19-14(20-17)13-11(15(21)22)8-10-6-4-5-7-12(10)18-13;1-7(2)13(3)12(19)15-10(16-13)9-8(11(17)18)5-4-6-14-9/h4-9H,1-3H3,(H,21,22)(H,19,20,23);4-7,12,19H,1-3H3,(H,15,16)(H,17,18). The van der Waals surface area contributed by atoms with E-state index in [-0.39, 0.29) is 46.1 Å². The molecule has 1 aromatic carbocycles. The molecule has 2 aliphatic rings. The zero-order valence-corrected chi connectivity index (χ0v) is 24.2. The highest BCUT2D eigenvalue weighted by atomic mass is 16.4. The molecule has 2 aromatic heterocycles. The second-order valence-electron chi connectivity index (χ2n) is 11.2. The van der Waals surface area contributed by atoms with Crippen LogP contribution in [0.15, 0.2) is 58.6 Å². The molecule has 220 valence electrons. The Morgan fingerprint density at radius 1 is 0.905 bits per heavy atom. The Kier molecular flexibility index (Phi) is 8.13. The SMILES string of the molecule is CC(C)C1(C)N=C(c2nc3ccccc3cc2C(=O)O)NC1=O.CC(C)C1(C)NC(c2ncccc2C(=O)O)=NC1O. The summed E-state index contributed by atoms with van der Waals surface area (Å²) in [5.41, 5.74) is -0.360. The highest BCUT2D eigenvalue weighted by Crippen LogP contribution is 2.29. The van der Waals surface area contributed by atoms with E-state index in [9.17, 15) is 24.6 Å². The van der Waals surface area contributed by atoms with Gasteiger partial charge >= 0.3 is 11.9 Å². The summed E-state index contributed by atoms with van der Waals surface area (Å²) >= 11 is 0. The number of hydrogen-bond donors (Lipinski definition) is 5. The van der Waals surface area contributed by atoms with Gasteiger partial charge in [0.15, 0.2) is 17.9 Å². The van der Waals surface area contributed by atoms with Gasteiger partial charge in [0.05, 0.1) is 22.2 Å². The summed E-state index contributed by atoms with van der Waals surface area (Å²) in [5.74, 6) is -1.77. The number of para-hydroxylation sites is 1. The number of amidine groups is 2. The molecule has 0 saturated carbocycles. The van der Waals surface area contributed by atoms with Crippen molar-refractivity contribution in [2.45, 2.75) is 58.8 Å². The summed E-state index contributed by atoms with van der Waals surface area (Å²) in [4.78, 5) is 52.1. The zero-order valence-electron chi connectivity index (χ0n) is 24.2. The van der Waals surface area contributed by atoms with Crippen LogP contribution >= 0.6 is 0 Å². The van der Waals surface area contributed by atoms with Crippen molar-refractivity contribution in [2.75, 3.05) is 0 Å². The maximum absolute atomic E-state index is 12.3. The van der Waals surface area contributed by atoms with Crippen LogP contribution in [0.3, 0.4) is 0 Å². The van der Waals surface area contributed by atoms with Crippen LogP contribution < -0.4 is 10.6 Å². The van der Waals surface area contributed by atoms with Crippen molar-refractivity contribution >= 4 is 40.4 Å². The maximum atomic E-state index is 12.3. The molecule has 3 aromatic rings. The monoisotopic (exact) mass is 574 g/mol. The van der Waals surface area contributed by atoms with E-state index in [0.717, 1.165) is 5.39 Å². The molecule has 0 bridgehead atoms. The number of aromatic nitrogens is 2. The first-order valence-electron chi connectivity index (χ1n) is 13.5. The summed E-state index contributed by atoms with van der Waals surface area (Å²) < 4.78 is 0. The van der Waals surface area contributed by atoms with E-state index in [2.05, 4.69) is 30.6 Å². The minimum atomic E-state index is -1.10. The number of carbonyl (C=O) groups is 3. The number of aliphatic hydroxyl groups excluding tert-OH is 1. The molecular weight excluding hydrogens is 540 g/mol. The fourth-order valence-corrected chi connectivity index (χ4v) is 4.45. The third kappa shape index (κ3) is 5.45. The van der Waals surface area contributed by atoms with Crippen LogP contribution in [0.5, 0.6) is 0 Å². The van der Waals surface area contributed by atoms with Gasteiger partial charge in [-0.05, 0) is 49.9 Å². The summed E-state index contributed by atoms with van der Waals surface area (Å²) in [7, 11) is 0. The number of nitrogens with zero attached hydrogens (tertiary/aromatic N) is 4. The Balaban J connectivity index is 0.000000197. The van der Waals surface area contributed by atoms with Crippen LogP contribution in [0.4, 0.5) is 0 Å². The average molecular weight is 575 g/mol. The number of aromatic carboxylic acids is 2. The predicted molar refractivity (Wildman–Crippen MR) is 157 cm³/mol. The second-order valence-corrected chi connectivity index (χ2v) is 11.2. The van der Waals surface area contributed by atoms with Gasteiger partial charge in [0.1, 0.15) is 16.9 Å². The molecule has 0 spiro atoms. The van der Waals surface area contributed by atoms with Crippen molar-refractivity contribution < 1.29 is 29.7 Å². The van der Waals surface area contributed by atoms with Crippen LogP contribution in [0.2, 0.25) is 0 Å². The summed E-state index contributed by atoms with van der Waals surface area (Å²) in [5, 5.41) is 35.2. The number of carbonyl (C=O) groups excluding carboxylic acids is 1. The number of fused-ring (bicyclic) bond motifs is 1. The van der Waals surface area contributed by atoms with Crippen molar-refractivity contribution in [2.24, 2.45) is 21.8 Å². The predicted octanol–water partition coefficient (Wildman–Crippen LogP) is 3.09. The van der Waals surface area contributed by atoms with Gasteiger partial charge in [0.25, 0.3) is 5.91 Å². The Labute approximate surface area is 242 Å². The minimum absolute atomic E-state index is 0.0197. The Hall–Kier alpha value is -4.71. The molecule has 3 atom stereocenters. The number of carboxylic acid groups (broad SMARTS) is 2. The van der Waals surface area contributed by atoms with E-state index in [1.54, 1.807) is 31.2 Å². The first-order valence-corrected chi connectivity index (χ1v) is 13.5. The van der Waals surface area contributed by atoms with Crippen LogP contribution in [0.25, 0.3) is 10.9 Å². The topological polar surface area (TPSA) is 186 Å². The Bertz CT molecular complexity index is 1630. The second kappa shape index (κ2) is 11.3. The molecule has 0 fully saturated rings. The molecule has 2 aliphatic heterocycles. The molecule has 5 rings (SSSR count). The Morgan fingerprint density at radius 3 is 2.14 bits per heavy atom. The quantitative estimate of drug-likeness (QED) is 0.295. The van der Waals surface area contributed by atoms with Crippen molar-refractivity contribution in [1.82, 2.24) is 20.6 Å². The lowest BCUT2D eigenvalue weighted by molar-refractivity contribution is -0.124. The molecule has 12 heteroatoms. The molecule has 1 amide bonds. The number of pyridine rings is 2. The normalized spacial score (nSPS) is 23.2. The van der Waals surface area contributed by atoms with Crippen molar-refractivity contribution in [3.8, 4) is 0 Å². The van der Waals surface area contributed by atoms with Crippen molar-refractivity contribution in [3.05, 3.63) is 71.2 Å². The van der Waals surface area contributed by atoms with Gasteiger partial charge in [-0.25, -0.2) is 24.6 Å². The average Bonchev–Trinajstić information content (AvgIpc) is 3.44. The van der Waals surface area contributed by atoms with Gasteiger partial charge in [-0.15, -0.1) is 0 Å². The zero-order chi connectivity index (χ0) is 31.0. The lowest BCUT2D eigenvalue weighted by atomic mass is 9.87. The van der Waals surface area contributed by atoms with Gasteiger partial charge in [-0.3, -0.25) is 9.78 Å². The van der Waals surface area contributed by atoms with Crippen LogP contribution in [-0.4, -0.2) is 72.1 Å². The Morgan fingerprint density at radius 2 is 1.57 bits per heavy atom. The molecule has 42 heavy (non-hydrogen) atoms. The largest absolute Gasteiger partial charge is 0.478 e. The molecule has 12 nitrogen and oxygen atoms in total. The van der Waals surface area contributed by atoms with Crippen LogP contribution in [0, 0.1) is 11.8 Å². The van der Waals surface area contributed by atoms with Crippen LogP contribution in [0.1, 0.15) is 73.6 Å². The first kappa shape index (κ1) is 30.3. The number of carboxylic acids is 2. The molecule has 0 radical (unpaired) electrons. The highest BCUT2D eigenvalue weighted by molar-refractivity contribution is 6.18. The summed E-state index contributed by atoms with van der Waals surface area (Å²) in [6.07, 6.45) is 0.579. The van der Waals surface area contributed by atoms with Crippen molar-refractivity contribution in [3.63, 3.8) is 0 Å². The molecule has 0 aliphatic carbocycles. The van der Waals surface area contributed by atoms with E-state index in [1.165, 1.54) is 12.3 Å². The number of benzene rings is 1. The smallest absolute Gasteiger partial charge is 0.338 e. The fourth-order valence-electron chi connectivity index (χ4n) is 4.45. The summed E-state index contributed by atoms with van der Waals surface area (Å²) in [6, 6.07) is 11.8. The third-order valence-corrected chi connectivity index (χ3v) is 7.98. The maximum Gasteiger partial charge on any atom is 0.338 e. The van der Waals surface area contributed by atoms with Gasteiger partial charge < -0.3 is 26.0 Å². The van der Waals surface area contributed by atoms with Gasteiger partial charge in [0, 0.05) is 11.6 Å². The number of amides is 1. The molecule has 5 N–H and O–H groups in total. The van der Waals surface area contributed by atoms with Gasteiger partial charge in [0.2, 0.25) is 0 Å². The van der Waals surface area contributed by atoms with Crippen LogP contribution in [-0.2, 0) is 4.79 Å². The fraction of sp³-hybridized carbons (Fsp3) is 0.367. The molecular formula is C30H34N6O6. The number of aliphatic hydroxyl groups is 1. The van der Waals surface area contributed by atoms with Gasteiger partial charge in [-0.2, -0.15) is 0 Å². The minimum Gasteiger partial charge on any atom is -0.478 e. The lowest BCUT2D eigenvalue weighted by Crippen LogP contribution is -2.52. The van der Waals surface area contributed by atoms with E-state index >= 15 is 0 Å². The van der Waals surface area contributed by atoms with E-state index in [0.29, 0.717) is 11.4 Å². The number of aliphatic imine (C=N–C) groups is 2. The number of hydrogen-bond acceptors (Lipinski definition) is 9. The third-order valence-electron chi connectivity index (χ3n) is 7.98. The highest BCUT2D eigenvalue weighted by Gasteiger charge is 2.44. The molecule has 0 saturated heterocycles. The molecule has 3 unspecified atom stereocenters. The number of nitrogens with one attached hydrogen (secondary N) is 2. The lowest BCUT2D eigenvalue weighted by Gasteiger charge is -2.32.